The molecule has 0 heterocycles. The summed E-state index contributed by atoms with van der Waals surface area (Å²) in [4.78, 5) is 11.9. The molecule has 0 spiro atoms. The summed E-state index contributed by atoms with van der Waals surface area (Å²) in [6, 6.07) is 13.4. The number of nitrogens with two attached hydrogens (primary N) is 1. The van der Waals surface area contributed by atoms with E-state index >= 15 is 0 Å². The molecule has 0 saturated carbocycles. The number of esters is 1. The summed E-state index contributed by atoms with van der Waals surface area (Å²) in [7, 11) is 0. The second-order valence-electron chi connectivity index (χ2n) is 4.22. The van der Waals surface area contributed by atoms with Crippen LogP contribution in [0.2, 0.25) is 0 Å². The zero-order valence-electron chi connectivity index (χ0n) is 11.5. The first-order valence-corrected chi connectivity index (χ1v) is 6.38. The van der Waals surface area contributed by atoms with Gasteiger partial charge in [-0.05, 0) is 43.3 Å². The van der Waals surface area contributed by atoms with Gasteiger partial charge in [0, 0.05) is 5.69 Å². The fraction of sp³-hybridized carbons (Fsp3) is 0.125. The Morgan fingerprint density at radius 1 is 1.29 bits per heavy atom. The van der Waals surface area contributed by atoms with Gasteiger partial charge >= 0.3 is 5.97 Å². The van der Waals surface area contributed by atoms with Crippen molar-refractivity contribution in [3.05, 3.63) is 53.6 Å². The number of carbonyl (C=O) groups is 1. The molecule has 0 aliphatic carbocycles. The number of benzene rings is 2. The van der Waals surface area contributed by atoms with Crippen LogP contribution in [0.5, 0.6) is 11.5 Å². The highest BCUT2D eigenvalue weighted by Gasteiger charge is 2.15. The third-order valence-corrected chi connectivity index (χ3v) is 2.69. The maximum atomic E-state index is 11.9. The van der Waals surface area contributed by atoms with Crippen molar-refractivity contribution in [1.82, 2.24) is 0 Å². The molecule has 5 heteroatoms. The summed E-state index contributed by atoms with van der Waals surface area (Å²) < 4.78 is 10.6. The number of carbonyl (C=O) groups excluding carboxylic acids is 1. The number of hydrogen-bond donors (Lipinski definition) is 1. The summed E-state index contributed by atoms with van der Waals surface area (Å²) in [5.41, 5.74) is 6.86. The van der Waals surface area contributed by atoms with Gasteiger partial charge in [0.15, 0.2) is 0 Å². The molecular formula is C16H14N2O3. The summed E-state index contributed by atoms with van der Waals surface area (Å²) in [5, 5.41) is 8.88. The average Bonchev–Trinajstić information content (AvgIpc) is 2.49. The van der Waals surface area contributed by atoms with Crippen LogP contribution in [-0.4, -0.2) is 12.6 Å². The minimum atomic E-state index is -0.503. The molecule has 0 unspecified atom stereocenters. The molecule has 0 fully saturated rings. The third-order valence-electron chi connectivity index (χ3n) is 2.69. The van der Waals surface area contributed by atoms with Crippen LogP contribution in [0.4, 0.5) is 5.69 Å². The van der Waals surface area contributed by atoms with E-state index in [1.807, 2.05) is 6.07 Å². The predicted molar refractivity (Wildman–Crippen MR) is 78.0 cm³/mol. The lowest BCUT2D eigenvalue weighted by Crippen LogP contribution is -2.07. The lowest BCUT2D eigenvalue weighted by Gasteiger charge is -2.11. The molecule has 106 valence electrons. The maximum absolute atomic E-state index is 11.9. The number of hydrogen-bond acceptors (Lipinski definition) is 5. The Morgan fingerprint density at radius 2 is 2.10 bits per heavy atom. The first kappa shape index (κ1) is 14.4. The zero-order valence-corrected chi connectivity index (χ0v) is 11.5. The van der Waals surface area contributed by atoms with Crippen molar-refractivity contribution < 1.29 is 14.3 Å². The van der Waals surface area contributed by atoms with Crippen molar-refractivity contribution in [3.8, 4) is 17.6 Å². The summed E-state index contributed by atoms with van der Waals surface area (Å²) >= 11 is 0. The van der Waals surface area contributed by atoms with E-state index in [-0.39, 0.29) is 12.2 Å². The highest BCUT2D eigenvalue weighted by atomic mass is 16.5. The minimum absolute atomic E-state index is 0.249. The van der Waals surface area contributed by atoms with Gasteiger partial charge in [-0.1, -0.05) is 6.07 Å². The second kappa shape index (κ2) is 6.44. The lowest BCUT2D eigenvalue weighted by atomic mass is 10.1. The molecule has 0 amide bonds. The fourth-order valence-electron chi connectivity index (χ4n) is 1.76. The van der Waals surface area contributed by atoms with Crippen LogP contribution in [0.1, 0.15) is 22.8 Å². The van der Waals surface area contributed by atoms with Crippen LogP contribution in [0.15, 0.2) is 42.5 Å². The van der Waals surface area contributed by atoms with Crippen molar-refractivity contribution in [1.29, 1.82) is 5.26 Å². The Balaban J connectivity index is 2.35. The summed E-state index contributed by atoms with van der Waals surface area (Å²) in [5.74, 6) is 0.290. The lowest BCUT2D eigenvalue weighted by molar-refractivity contribution is 0.0523. The van der Waals surface area contributed by atoms with Crippen LogP contribution in [-0.2, 0) is 4.74 Å². The van der Waals surface area contributed by atoms with Gasteiger partial charge < -0.3 is 15.2 Å². The molecule has 2 rings (SSSR count). The van der Waals surface area contributed by atoms with Gasteiger partial charge in [-0.15, -0.1) is 0 Å². The van der Waals surface area contributed by atoms with Crippen molar-refractivity contribution >= 4 is 11.7 Å². The maximum Gasteiger partial charge on any atom is 0.342 e. The SMILES string of the molecule is CCOC(=O)c1cc(N)ccc1Oc1cccc(C#N)c1. The van der Waals surface area contributed by atoms with Gasteiger partial charge in [-0.2, -0.15) is 5.26 Å². The van der Waals surface area contributed by atoms with Crippen molar-refractivity contribution in [3.63, 3.8) is 0 Å². The molecule has 21 heavy (non-hydrogen) atoms. The molecule has 0 aromatic heterocycles. The van der Waals surface area contributed by atoms with Gasteiger partial charge in [0.1, 0.15) is 17.1 Å². The number of nitrogens with zero attached hydrogens (tertiary/aromatic N) is 1. The van der Waals surface area contributed by atoms with Gasteiger partial charge in [-0.3, -0.25) is 0 Å². The van der Waals surface area contributed by atoms with Gasteiger partial charge in [-0.25, -0.2) is 4.79 Å². The van der Waals surface area contributed by atoms with Gasteiger partial charge in [0.25, 0.3) is 0 Å². The largest absolute Gasteiger partial charge is 0.462 e. The van der Waals surface area contributed by atoms with Crippen LogP contribution < -0.4 is 10.5 Å². The van der Waals surface area contributed by atoms with E-state index < -0.39 is 5.97 Å². The number of ether oxygens (including phenoxy) is 2. The molecule has 0 aliphatic heterocycles. The quantitative estimate of drug-likeness (QED) is 0.688. The van der Waals surface area contributed by atoms with E-state index in [0.717, 1.165) is 0 Å². The zero-order chi connectivity index (χ0) is 15.2. The number of rotatable bonds is 4. The topological polar surface area (TPSA) is 85.3 Å². The predicted octanol–water partition coefficient (Wildman–Crippen LogP) is 3.11. The van der Waals surface area contributed by atoms with E-state index in [2.05, 4.69) is 0 Å². The number of nitrogen functional groups attached to an aromatic ring is 1. The van der Waals surface area contributed by atoms with Gasteiger partial charge in [0.2, 0.25) is 0 Å². The monoisotopic (exact) mass is 282 g/mol. The average molecular weight is 282 g/mol. The Kier molecular flexibility index (Phi) is 4.42. The van der Waals surface area contributed by atoms with Crippen molar-refractivity contribution in [2.45, 2.75) is 6.92 Å². The van der Waals surface area contributed by atoms with E-state index in [1.165, 1.54) is 6.07 Å². The van der Waals surface area contributed by atoms with Crippen LogP contribution in [0, 0.1) is 11.3 Å². The molecule has 0 saturated heterocycles. The first-order chi connectivity index (χ1) is 10.1. The van der Waals surface area contributed by atoms with Gasteiger partial charge in [0.05, 0.1) is 18.2 Å². The fourth-order valence-corrected chi connectivity index (χ4v) is 1.76. The molecule has 5 nitrogen and oxygen atoms in total. The highest BCUT2D eigenvalue weighted by molar-refractivity contribution is 5.93. The Bertz CT molecular complexity index is 705. The van der Waals surface area contributed by atoms with Crippen molar-refractivity contribution in [2.24, 2.45) is 0 Å². The Labute approximate surface area is 122 Å². The van der Waals surface area contributed by atoms with Crippen molar-refractivity contribution in [2.75, 3.05) is 12.3 Å². The molecule has 0 aliphatic rings. The summed E-state index contributed by atoms with van der Waals surface area (Å²) in [6.07, 6.45) is 0. The third kappa shape index (κ3) is 3.51. The van der Waals surface area contributed by atoms with E-state index in [1.54, 1.807) is 43.3 Å². The van der Waals surface area contributed by atoms with E-state index in [9.17, 15) is 4.79 Å². The second-order valence-corrected chi connectivity index (χ2v) is 4.22. The normalized spacial score (nSPS) is 9.71. The molecule has 2 aromatic carbocycles. The molecule has 0 atom stereocenters. The molecule has 2 N–H and O–H groups in total. The standard InChI is InChI=1S/C16H14N2O3/c1-2-20-16(19)14-9-12(18)6-7-15(14)21-13-5-3-4-11(8-13)10-17/h3-9H,2,18H2,1H3. The molecular weight excluding hydrogens is 268 g/mol. The van der Waals surface area contributed by atoms with E-state index in [0.29, 0.717) is 22.7 Å². The highest BCUT2D eigenvalue weighted by Crippen LogP contribution is 2.28. The van der Waals surface area contributed by atoms with E-state index in [4.69, 9.17) is 20.5 Å². The minimum Gasteiger partial charge on any atom is -0.462 e. The number of anilines is 1. The Hall–Kier alpha value is -3.00. The van der Waals surface area contributed by atoms with Crippen LogP contribution in [0.25, 0.3) is 0 Å². The molecule has 0 bridgehead atoms. The molecule has 0 radical (unpaired) electrons. The van der Waals surface area contributed by atoms with Crippen LogP contribution in [0.3, 0.4) is 0 Å². The summed E-state index contributed by atoms with van der Waals surface area (Å²) in [6.45, 7) is 1.98. The van der Waals surface area contributed by atoms with Crippen LogP contribution >= 0.6 is 0 Å². The molecule has 2 aromatic rings. The smallest absolute Gasteiger partial charge is 0.342 e. The first-order valence-electron chi connectivity index (χ1n) is 6.38. The number of nitriles is 1. The Morgan fingerprint density at radius 3 is 2.81 bits per heavy atom.